The molecule has 0 amide bonds. The van der Waals surface area contributed by atoms with Gasteiger partial charge in [0.25, 0.3) is 0 Å². The van der Waals surface area contributed by atoms with Gasteiger partial charge in [-0.25, -0.2) is 4.39 Å². The largest absolute Gasteiger partial charge is 0.398 e. The summed E-state index contributed by atoms with van der Waals surface area (Å²) in [6.07, 6.45) is 0.438. The fourth-order valence-electron chi connectivity index (χ4n) is 1.13. The number of carbonyl (C=O) groups is 1. The van der Waals surface area contributed by atoms with E-state index in [9.17, 15) is 9.18 Å². The number of nitrogens with two attached hydrogens (primary N) is 1. The Bertz CT molecular complexity index is 341. The highest BCUT2D eigenvalue weighted by Crippen LogP contribution is 2.14. The Hall–Kier alpha value is -1.09. The lowest BCUT2D eigenvalue weighted by Gasteiger charge is -2.03. The Morgan fingerprint density at radius 3 is 2.86 bits per heavy atom. The minimum Gasteiger partial charge on any atom is -0.398 e. The van der Waals surface area contributed by atoms with E-state index in [4.69, 9.17) is 17.3 Å². The number of halogens is 2. The van der Waals surface area contributed by atoms with E-state index in [1.807, 2.05) is 0 Å². The number of alkyl halides is 1. The number of anilines is 1. The summed E-state index contributed by atoms with van der Waals surface area (Å²) in [6, 6.07) is 4.00. The van der Waals surface area contributed by atoms with Gasteiger partial charge in [-0.15, -0.1) is 11.6 Å². The van der Waals surface area contributed by atoms with Crippen LogP contribution in [0.2, 0.25) is 0 Å². The van der Waals surface area contributed by atoms with Crippen LogP contribution >= 0.6 is 11.6 Å². The summed E-state index contributed by atoms with van der Waals surface area (Å²) in [5, 5.41) is 0. The molecular formula is C10H11ClFNO. The zero-order chi connectivity index (χ0) is 10.6. The van der Waals surface area contributed by atoms with Crippen LogP contribution in [0.5, 0.6) is 0 Å². The number of Topliss-reactive ketones (excluding diaryl/α,β-unsaturated/α-hetero) is 1. The van der Waals surface area contributed by atoms with Crippen molar-refractivity contribution in [2.75, 3.05) is 11.6 Å². The zero-order valence-corrected chi connectivity index (χ0v) is 8.35. The lowest BCUT2D eigenvalue weighted by molar-refractivity contribution is -0.118. The normalized spacial score (nSPS) is 10.1. The summed E-state index contributed by atoms with van der Waals surface area (Å²) in [6.45, 7) is 0. The quantitative estimate of drug-likeness (QED) is 0.618. The number of nitrogen functional groups attached to an aromatic ring is 1. The molecule has 0 atom stereocenters. The minimum absolute atomic E-state index is 0.0303. The van der Waals surface area contributed by atoms with E-state index in [0.29, 0.717) is 11.3 Å². The Balaban J connectivity index is 2.75. The summed E-state index contributed by atoms with van der Waals surface area (Å²) in [4.78, 5) is 11.2. The molecule has 0 aliphatic heterocycles. The molecule has 2 nitrogen and oxygen atoms in total. The first-order valence-electron chi connectivity index (χ1n) is 4.25. The first kappa shape index (κ1) is 11.0. The fourth-order valence-corrected chi connectivity index (χ4v) is 1.34. The molecule has 0 bridgehead atoms. The number of carbonyl (C=O) groups excluding carboxylic acids is 1. The van der Waals surface area contributed by atoms with E-state index in [0.717, 1.165) is 0 Å². The highest BCUT2D eigenvalue weighted by molar-refractivity contribution is 6.19. The molecule has 1 rings (SSSR count). The van der Waals surface area contributed by atoms with Crippen LogP contribution in [0.15, 0.2) is 18.2 Å². The molecule has 0 aromatic heterocycles. The summed E-state index contributed by atoms with van der Waals surface area (Å²) < 4.78 is 12.8. The molecule has 1 aromatic rings. The van der Waals surface area contributed by atoms with E-state index in [-0.39, 0.29) is 30.3 Å². The van der Waals surface area contributed by atoms with Crippen molar-refractivity contribution in [2.45, 2.75) is 12.8 Å². The average molecular weight is 216 g/mol. The van der Waals surface area contributed by atoms with Crippen molar-refractivity contribution < 1.29 is 9.18 Å². The van der Waals surface area contributed by atoms with Crippen LogP contribution in [-0.2, 0) is 11.2 Å². The molecule has 0 saturated heterocycles. The molecule has 0 heterocycles. The Labute approximate surface area is 86.9 Å². The number of rotatable bonds is 4. The summed E-state index contributed by atoms with van der Waals surface area (Å²) in [5.74, 6) is -0.126. The van der Waals surface area contributed by atoms with Crippen molar-refractivity contribution in [1.29, 1.82) is 0 Å². The SMILES string of the molecule is Nc1ccc(F)cc1CC(=O)CCCl. The molecule has 0 spiro atoms. The molecule has 0 radical (unpaired) electrons. The first-order valence-corrected chi connectivity index (χ1v) is 4.78. The van der Waals surface area contributed by atoms with Crippen molar-refractivity contribution in [3.05, 3.63) is 29.6 Å². The van der Waals surface area contributed by atoms with Gasteiger partial charge in [-0.1, -0.05) is 0 Å². The molecule has 76 valence electrons. The van der Waals surface area contributed by atoms with Gasteiger partial charge in [0.15, 0.2) is 0 Å². The lowest BCUT2D eigenvalue weighted by atomic mass is 10.1. The number of hydrogen-bond donors (Lipinski definition) is 1. The van der Waals surface area contributed by atoms with Gasteiger partial charge < -0.3 is 5.73 Å². The second kappa shape index (κ2) is 4.96. The van der Waals surface area contributed by atoms with Crippen molar-refractivity contribution in [3.8, 4) is 0 Å². The molecule has 0 aliphatic rings. The van der Waals surface area contributed by atoms with Crippen LogP contribution in [-0.4, -0.2) is 11.7 Å². The molecular weight excluding hydrogens is 205 g/mol. The topological polar surface area (TPSA) is 43.1 Å². The molecule has 2 N–H and O–H groups in total. The van der Waals surface area contributed by atoms with Gasteiger partial charge in [-0.2, -0.15) is 0 Å². The highest BCUT2D eigenvalue weighted by atomic mass is 35.5. The van der Waals surface area contributed by atoms with E-state index >= 15 is 0 Å². The van der Waals surface area contributed by atoms with Crippen molar-refractivity contribution in [2.24, 2.45) is 0 Å². The standard InChI is InChI=1S/C10H11ClFNO/c11-4-3-9(14)6-7-5-8(12)1-2-10(7)13/h1-2,5H,3-4,6,13H2. The van der Waals surface area contributed by atoms with Gasteiger partial charge in [0.2, 0.25) is 0 Å². The smallest absolute Gasteiger partial charge is 0.138 e. The number of ketones is 1. The predicted octanol–water partition coefficient (Wildman–Crippen LogP) is 2.15. The average Bonchev–Trinajstić information content (AvgIpc) is 2.12. The number of hydrogen-bond acceptors (Lipinski definition) is 2. The Morgan fingerprint density at radius 2 is 2.21 bits per heavy atom. The van der Waals surface area contributed by atoms with E-state index in [1.54, 1.807) is 0 Å². The van der Waals surface area contributed by atoms with E-state index < -0.39 is 0 Å². The van der Waals surface area contributed by atoms with Crippen molar-refractivity contribution in [3.63, 3.8) is 0 Å². The monoisotopic (exact) mass is 215 g/mol. The molecule has 0 unspecified atom stereocenters. The van der Waals surface area contributed by atoms with Crippen LogP contribution in [0.25, 0.3) is 0 Å². The fraction of sp³-hybridized carbons (Fsp3) is 0.300. The van der Waals surface area contributed by atoms with Crippen LogP contribution < -0.4 is 5.73 Å². The van der Waals surface area contributed by atoms with Crippen LogP contribution in [0.1, 0.15) is 12.0 Å². The molecule has 4 heteroatoms. The molecule has 0 aliphatic carbocycles. The van der Waals surface area contributed by atoms with Gasteiger partial charge in [-0.3, -0.25) is 4.79 Å². The van der Waals surface area contributed by atoms with Gasteiger partial charge in [-0.05, 0) is 23.8 Å². The third-order valence-electron chi connectivity index (χ3n) is 1.87. The van der Waals surface area contributed by atoms with Crippen molar-refractivity contribution in [1.82, 2.24) is 0 Å². The van der Waals surface area contributed by atoms with E-state index in [1.165, 1.54) is 18.2 Å². The van der Waals surface area contributed by atoms with Crippen LogP contribution in [0, 0.1) is 5.82 Å². The van der Waals surface area contributed by atoms with Crippen molar-refractivity contribution >= 4 is 23.1 Å². The molecule has 0 fully saturated rings. The second-order valence-electron chi connectivity index (χ2n) is 3.00. The maximum atomic E-state index is 12.8. The molecule has 1 aromatic carbocycles. The zero-order valence-electron chi connectivity index (χ0n) is 7.59. The third kappa shape index (κ3) is 3.00. The summed E-state index contributed by atoms with van der Waals surface area (Å²) in [7, 11) is 0. The number of benzene rings is 1. The van der Waals surface area contributed by atoms with Gasteiger partial charge in [0, 0.05) is 24.4 Å². The van der Waals surface area contributed by atoms with Gasteiger partial charge in [0.05, 0.1) is 0 Å². The van der Waals surface area contributed by atoms with Gasteiger partial charge in [0.1, 0.15) is 11.6 Å². The minimum atomic E-state index is -0.382. The predicted molar refractivity (Wildman–Crippen MR) is 54.9 cm³/mol. The van der Waals surface area contributed by atoms with Crippen LogP contribution in [0.4, 0.5) is 10.1 Å². The summed E-state index contributed by atoms with van der Waals surface area (Å²) >= 11 is 5.41. The Morgan fingerprint density at radius 1 is 1.50 bits per heavy atom. The Kier molecular flexibility index (Phi) is 3.89. The molecule has 0 saturated carbocycles. The molecule has 14 heavy (non-hydrogen) atoms. The first-order chi connectivity index (χ1) is 6.63. The third-order valence-corrected chi connectivity index (χ3v) is 2.05. The maximum absolute atomic E-state index is 12.8. The van der Waals surface area contributed by atoms with E-state index in [2.05, 4.69) is 0 Å². The highest BCUT2D eigenvalue weighted by Gasteiger charge is 2.06. The maximum Gasteiger partial charge on any atom is 0.138 e. The van der Waals surface area contributed by atoms with Gasteiger partial charge >= 0.3 is 0 Å². The second-order valence-corrected chi connectivity index (χ2v) is 3.38. The summed E-state index contributed by atoms with van der Waals surface area (Å²) in [5.41, 5.74) is 6.55. The van der Waals surface area contributed by atoms with Crippen LogP contribution in [0.3, 0.4) is 0 Å². The lowest BCUT2D eigenvalue weighted by Crippen LogP contribution is -2.06.